The largest absolute Gasteiger partial charge is 0.465 e. The van der Waals surface area contributed by atoms with Gasteiger partial charge >= 0.3 is 17.9 Å². The number of hydrogen-bond donors (Lipinski definition) is 3. The second-order valence-corrected chi connectivity index (χ2v) is 12.1. The molecule has 4 rings (SSSR count). The summed E-state index contributed by atoms with van der Waals surface area (Å²) in [5.74, 6) is -1.67. The molecule has 0 saturated heterocycles. The van der Waals surface area contributed by atoms with E-state index in [-0.39, 0.29) is 43.4 Å². The topological polar surface area (TPSA) is 140 Å². The molecule has 3 N–H and O–H groups in total. The quantitative estimate of drug-likeness (QED) is 0.363. The zero-order valence-electron chi connectivity index (χ0n) is 22.0. The van der Waals surface area contributed by atoms with Crippen molar-refractivity contribution in [3.63, 3.8) is 0 Å². The lowest BCUT2D eigenvalue weighted by Crippen LogP contribution is -2.69. The minimum atomic E-state index is -1.18. The molecule has 0 bridgehead atoms. The molecule has 0 aromatic carbocycles. The van der Waals surface area contributed by atoms with Gasteiger partial charge in [0.2, 0.25) is 0 Å². The van der Waals surface area contributed by atoms with E-state index >= 15 is 0 Å². The molecule has 0 aromatic rings. The van der Waals surface area contributed by atoms with E-state index in [0.29, 0.717) is 51.4 Å². The first-order chi connectivity index (χ1) is 16.8. The van der Waals surface area contributed by atoms with Crippen molar-refractivity contribution in [3.05, 3.63) is 0 Å². The van der Waals surface area contributed by atoms with Crippen LogP contribution in [0.4, 0.5) is 0 Å². The van der Waals surface area contributed by atoms with Crippen LogP contribution in [0.3, 0.4) is 0 Å². The standard InChI is InChI=1S/C27H42O9/c1-16(28)34-14-23(31)22-8-12-27(33)21-7-11-26(32)13-19(36-18(3)30)5-10-25(26,15-35-17(2)29)20(21)6-9-24(22,27)4/h19-23,31-33H,5-15H2,1-4H3/t19-,20-,21+,22+,23-,24+,25-,26-,27+/m0/s1. The van der Waals surface area contributed by atoms with Gasteiger partial charge in [0.15, 0.2) is 0 Å². The summed E-state index contributed by atoms with van der Waals surface area (Å²) in [4.78, 5) is 34.8. The van der Waals surface area contributed by atoms with Gasteiger partial charge in [-0.15, -0.1) is 0 Å². The van der Waals surface area contributed by atoms with E-state index < -0.39 is 46.2 Å². The average Bonchev–Trinajstić information content (AvgIpc) is 3.06. The highest BCUT2D eigenvalue weighted by molar-refractivity contribution is 5.66. The van der Waals surface area contributed by atoms with Crippen LogP contribution < -0.4 is 0 Å². The fourth-order valence-electron chi connectivity index (χ4n) is 8.83. The van der Waals surface area contributed by atoms with E-state index in [1.807, 2.05) is 6.92 Å². The summed E-state index contributed by atoms with van der Waals surface area (Å²) in [6.45, 7) is 6.05. The molecule has 0 amide bonds. The lowest BCUT2D eigenvalue weighted by atomic mass is 9.41. The third-order valence-electron chi connectivity index (χ3n) is 10.5. The van der Waals surface area contributed by atoms with Gasteiger partial charge in [-0.1, -0.05) is 6.92 Å². The Bertz CT molecular complexity index is 890. The maximum Gasteiger partial charge on any atom is 0.302 e. The second kappa shape index (κ2) is 9.55. The van der Waals surface area contributed by atoms with Crippen LogP contribution in [0.2, 0.25) is 0 Å². The first-order valence-electron chi connectivity index (χ1n) is 13.3. The minimum absolute atomic E-state index is 0.0676. The Morgan fingerprint density at radius 3 is 2.17 bits per heavy atom. The molecule has 0 heterocycles. The van der Waals surface area contributed by atoms with Crippen LogP contribution in [0.25, 0.3) is 0 Å². The van der Waals surface area contributed by atoms with Crippen molar-refractivity contribution < 1.29 is 43.9 Å². The molecule has 4 aliphatic rings. The molecule has 36 heavy (non-hydrogen) atoms. The lowest BCUT2D eigenvalue weighted by molar-refractivity contribution is -0.274. The molecule has 0 aromatic heterocycles. The van der Waals surface area contributed by atoms with E-state index in [9.17, 15) is 29.7 Å². The molecule has 9 heteroatoms. The van der Waals surface area contributed by atoms with Crippen LogP contribution in [-0.4, -0.2) is 69.9 Å². The number of hydrogen-bond acceptors (Lipinski definition) is 9. The number of aliphatic hydroxyl groups is 3. The number of aliphatic hydroxyl groups excluding tert-OH is 1. The summed E-state index contributed by atoms with van der Waals surface area (Å²) in [5, 5.41) is 35.3. The molecule has 9 atom stereocenters. The molecular formula is C27H42O9. The minimum Gasteiger partial charge on any atom is -0.465 e. The molecule has 0 spiro atoms. The van der Waals surface area contributed by atoms with E-state index in [2.05, 4.69) is 0 Å². The molecule has 0 radical (unpaired) electrons. The van der Waals surface area contributed by atoms with Crippen molar-refractivity contribution in [2.45, 2.75) is 109 Å². The van der Waals surface area contributed by atoms with Crippen LogP contribution in [0.1, 0.15) is 85.5 Å². The molecule has 204 valence electrons. The Balaban J connectivity index is 1.64. The van der Waals surface area contributed by atoms with Crippen LogP contribution in [0.5, 0.6) is 0 Å². The Morgan fingerprint density at radius 1 is 0.861 bits per heavy atom. The number of carbonyl (C=O) groups excluding carboxylic acids is 3. The van der Waals surface area contributed by atoms with E-state index in [4.69, 9.17) is 14.2 Å². The van der Waals surface area contributed by atoms with Gasteiger partial charge in [-0.05, 0) is 69.1 Å². The highest BCUT2D eigenvalue weighted by Crippen LogP contribution is 2.70. The fourth-order valence-corrected chi connectivity index (χ4v) is 8.83. The average molecular weight is 511 g/mol. The van der Waals surface area contributed by atoms with Crippen molar-refractivity contribution >= 4 is 17.9 Å². The van der Waals surface area contributed by atoms with Crippen LogP contribution in [0, 0.1) is 28.6 Å². The van der Waals surface area contributed by atoms with Crippen molar-refractivity contribution in [3.8, 4) is 0 Å². The fraction of sp³-hybridized carbons (Fsp3) is 0.889. The Kier molecular flexibility index (Phi) is 7.25. The lowest BCUT2D eigenvalue weighted by Gasteiger charge is -2.66. The summed E-state index contributed by atoms with van der Waals surface area (Å²) in [5.41, 5.74) is -3.56. The first kappa shape index (κ1) is 27.3. The molecule has 9 nitrogen and oxygen atoms in total. The maximum absolute atomic E-state index is 12.3. The third kappa shape index (κ3) is 4.25. The van der Waals surface area contributed by atoms with Gasteiger partial charge in [-0.25, -0.2) is 0 Å². The second-order valence-electron chi connectivity index (χ2n) is 12.1. The van der Waals surface area contributed by atoms with Gasteiger partial charge in [0.1, 0.15) is 12.7 Å². The number of fused-ring (bicyclic) bond motifs is 5. The van der Waals surface area contributed by atoms with Gasteiger partial charge in [0.25, 0.3) is 0 Å². The summed E-state index contributed by atoms with van der Waals surface area (Å²) < 4.78 is 16.1. The SMILES string of the molecule is CC(=O)OC[C@H](O)[C@H]1CC[C@@]2(O)[C@@H]3CC[C@]4(O)C[C@@H](OC(C)=O)CC[C@]4(COC(C)=O)[C@H]3CC[C@]12C. The molecule has 0 unspecified atom stereocenters. The highest BCUT2D eigenvalue weighted by atomic mass is 16.5. The third-order valence-corrected chi connectivity index (χ3v) is 10.5. The molecular weight excluding hydrogens is 468 g/mol. The summed E-state index contributed by atoms with van der Waals surface area (Å²) in [7, 11) is 0. The monoisotopic (exact) mass is 510 g/mol. The van der Waals surface area contributed by atoms with Crippen LogP contribution >= 0.6 is 0 Å². The highest BCUT2D eigenvalue weighted by Gasteiger charge is 2.72. The maximum atomic E-state index is 12.3. The summed E-state index contributed by atoms with van der Waals surface area (Å²) in [6, 6.07) is 0. The summed E-state index contributed by atoms with van der Waals surface area (Å²) in [6.07, 6.45) is 3.61. The zero-order valence-corrected chi connectivity index (χ0v) is 22.0. The number of carbonyl (C=O) groups is 3. The smallest absolute Gasteiger partial charge is 0.302 e. The molecule has 0 aliphatic heterocycles. The predicted octanol–water partition coefficient (Wildman–Crippen LogP) is 2.27. The molecule has 4 aliphatic carbocycles. The van der Waals surface area contributed by atoms with Crippen molar-refractivity contribution in [1.29, 1.82) is 0 Å². The first-order valence-corrected chi connectivity index (χ1v) is 13.3. The van der Waals surface area contributed by atoms with Gasteiger partial charge in [0.05, 0.1) is 23.9 Å². The van der Waals surface area contributed by atoms with Gasteiger partial charge in [-0.2, -0.15) is 0 Å². The van der Waals surface area contributed by atoms with E-state index in [0.717, 1.165) is 0 Å². The van der Waals surface area contributed by atoms with Crippen molar-refractivity contribution in [2.75, 3.05) is 13.2 Å². The number of rotatable bonds is 6. The number of ether oxygens (including phenoxy) is 3. The Hall–Kier alpha value is -1.71. The summed E-state index contributed by atoms with van der Waals surface area (Å²) >= 11 is 0. The normalized spacial score (nSPS) is 44.4. The zero-order chi connectivity index (χ0) is 26.5. The Morgan fingerprint density at radius 2 is 1.53 bits per heavy atom. The number of esters is 3. The van der Waals surface area contributed by atoms with Crippen molar-refractivity contribution in [2.24, 2.45) is 28.6 Å². The van der Waals surface area contributed by atoms with E-state index in [1.165, 1.54) is 20.8 Å². The van der Waals surface area contributed by atoms with Gasteiger partial charge in [0, 0.05) is 38.0 Å². The molecule has 4 fully saturated rings. The van der Waals surface area contributed by atoms with Crippen LogP contribution in [0.15, 0.2) is 0 Å². The van der Waals surface area contributed by atoms with Gasteiger partial charge in [-0.3, -0.25) is 14.4 Å². The molecule has 4 saturated carbocycles. The van der Waals surface area contributed by atoms with E-state index in [1.54, 1.807) is 0 Å². The Labute approximate surface area is 212 Å². The van der Waals surface area contributed by atoms with Crippen molar-refractivity contribution in [1.82, 2.24) is 0 Å². The predicted molar refractivity (Wildman–Crippen MR) is 127 cm³/mol. The van der Waals surface area contributed by atoms with Crippen LogP contribution in [-0.2, 0) is 28.6 Å². The van der Waals surface area contributed by atoms with Gasteiger partial charge < -0.3 is 29.5 Å².